The topological polar surface area (TPSA) is 170 Å². The van der Waals surface area contributed by atoms with Crippen molar-refractivity contribution in [3.8, 4) is 23.6 Å². The molecule has 100 valence electrons. The number of allylic oxidation sites excluding steroid dienone is 2. The molecule has 0 aliphatic carbocycles. The maximum atomic E-state index is 10.8. The van der Waals surface area contributed by atoms with Crippen molar-refractivity contribution in [1.29, 1.82) is 10.5 Å². The minimum atomic E-state index is -0.802. The molecule has 0 saturated heterocycles. The van der Waals surface area contributed by atoms with Gasteiger partial charge in [0.25, 0.3) is 5.69 Å². The van der Waals surface area contributed by atoms with E-state index in [2.05, 4.69) is 4.99 Å². The minimum Gasteiger partial charge on any atom is -0.504 e. The highest BCUT2D eigenvalue weighted by molar-refractivity contribution is 5.87. The van der Waals surface area contributed by atoms with Gasteiger partial charge in [-0.1, -0.05) is 0 Å². The number of phenolic OH excluding ortho intramolecular Hbond substituents is 2. The van der Waals surface area contributed by atoms with Crippen LogP contribution in [0.25, 0.3) is 0 Å². The number of nitro benzene ring substituents is 1. The van der Waals surface area contributed by atoms with E-state index in [1.54, 1.807) is 6.07 Å². The Bertz CT molecular complexity index is 709. The molecule has 4 N–H and O–H groups in total. The van der Waals surface area contributed by atoms with Gasteiger partial charge in [-0.25, -0.2) is 4.99 Å². The molecule has 1 aromatic carbocycles. The summed E-state index contributed by atoms with van der Waals surface area (Å²) in [4.78, 5) is 13.5. The number of aromatic hydroxyl groups is 2. The van der Waals surface area contributed by atoms with Crippen LogP contribution in [0.5, 0.6) is 11.5 Å². The molecule has 0 unspecified atom stereocenters. The van der Waals surface area contributed by atoms with E-state index in [4.69, 9.17) is 16.3 Å². The van der Waals surface area contributed by atoms with Crippen LogP contribution in [0.1, 0.15) is 5.56 Å². The Labute approximate surface area is 112 Å². The van der Waals surface area contributed by atoms with E-state index in [0.29, 0.717) is 0 Å². The Kier molecular flexibility index (Phi) is 4.22. The number of nitro groups is 1. The average molecular weight is 273 g/mol. The van der Waals surface area contributed by atoms with Crippen molar-refractivity contribution in [2.45, 2.75) is 0 Å². The summed E-state index contributed by atoms with van der Waals surface area (Å²) in [6.45, 7) is 0. The van der Waals surface area contributed by atoms with E-state index in [1.165, 1.54) is 6.07 Å². The molecule has 0 radical (unpaired) electrons. The number of aliphatic imine (C=N–C) groups is 1. The number of nitriles is 2. The highest BCUT2D eigenvalue weighted by Crippen LogP contribution is 2.31. The van der Waals surface area contributed by atoms with Crippen LogP contribution >= 0.6 is 0 Å². The van der Waals surface area contributed by atoms with Gasteiger partial charge in [-0.15, -0.1) is 0 Å². The number of rotatable bonds is 3. The molecule has 0 heterocycles. The summed E-state index contributed by atoms with van der Waals surface area (Å²) >= 11 is 0. The van der Waals surface area contributed by atoms with Crippen LogP contribution in [0.4, 0.5) is 5.69 Å². The number of nitrogens with zero attached hydrogens (tertiary/aromatic N) is 4. The van der Waals surface area contributed by atoms with Gasteiger partial charge in [-0.3, -0.25) is 10.1 Å². The number of benzene rings is 1. The Morgan fingerprint density at radius 3 is 2.45 bits per heavy atom. The van der Waals surface area contributed by atoms with Gasteiger partial charge in [0.05, 0.1) is 16.6 Å². The van der Waals surface area contributed by atoms with Crippen molar-refractivity contribution in [2.24, 2.45) is 10.7 Å². The molecule has 9 heteroatoms. The first kappa shape index (κ1) is 14.5. The zero-order chi connectivity index (χ0) is 15.3. The van der Waals surface area contributed by atoms with Gasteiger partial charge >= 0.3 is 0 Å². The summed E-state index contributed by atoms with van der Waals surface area (Å²) in [5.74, 6) is -1.26. The van der Waals surface area contributed by atoms with Gasteiger partial charge < -0.3 is 15.9 Å². The number of phenols is 2. The molecule has 1 rings (SSSR count). The van der Waals surface area contributed by atoms with Crippen molar-refractivity contribution in [1.82, 2.24) is 0 Å². The summed E-state index contributed by atoms with van der Waals surface area (Å²) in [6.07, 6.45) is 0.889. The summed E-state index contributed by atoms with van der Waals surface area (Å²) in [6, 6.07) is 4.69. The molecule has 0 aliphatic heterocycles. The Hall–Kier alpha value is -3.59. The fraction of sp³-hybridized carbons (Fsp3) is 0. The molecule has 9 nitrogen and oxygen atoms in total. The summed E-state index contributed by atoms with van der Waals surface area (Å²) in [7, 11) is 0. The van der Waals surface area contributed by atoms with Gasteiger partial charge in [0.1, 0.15) is 17.8 Å². The van der Waals surface area contributed by atoms with Crippen LogP contribution in [-0.2, 0) is 0 Å². The van der Waals surface area contributed by atoms with Crippen LogP contribution < -0.4 is 5.73 Å². The van der Waals surface area contributed by atoms with Crippen molar-refractivity contribution < 1.29 is 15.1 Å². The second-order valence-corrected chi connectivity index (χ2v) is 3.40. The Balaban J connectivity index is 3.36. The normalized spacial score (nSPS) is 11.5. The second-order valence-electron chi connectivity index (χ2n) is 3.40. The lowest BCUT2D eigenvalue weighted by Crippen LogP contribution is -1.99. The Morgan fingerprint density at radius 2 is 1.95 bits per heavy atom. The quantitative estimate of drug-likeness (QED) is 0.238. The van der Waals surface area contributed by atoms with Crippen molar-refractivity contribution >= 4 is 11.9 Å². The van der Waals surface area contributed by atoms with Crippen LogP contribution in [0, 0.1) is 32.8 Å². The summed E-state index contributed by atoms with van der Waals surface area (Å²) in [5.41, 5.74) is 3.64. The van der Waals surface area contributed by atoms with Gasteiger partial charge in [0.15, 0.2) is 17.2 Å². The predicted octanol–water partition coefficient (Wildman–Crippen LogP) is 0.642. The van der Waals surface area contributed by atoms with E-state index in [0.717, 1.165) is 18.3 Å². The van der Waals surface area contributed by atoms with Crippen molar-refractivity contribution in [2.75, 3.05) is 0 Å². The van der Waals surface area contributed by atoms with E-state index in [-0.39, 0.29) is 5.56 Å². The average Bonchev–Trinajstić information content (AvgIpc) is 2.42. The van der Waals surface area contributed by atoms with Crippen molar-refractivity contribution in [3.05, 3.63) is 39.2 Å². The molecule has 20 heavy (non-hydrogen) atoms. The maximum Gasteiger partial charge on any atom is 0.282 e. The van der Waals surface area contributed by atoms with Crippen LogP contribution in [0.3, 0.4) is 0 Å². The van der Waals surface area contributed by atoms with Gasteiger partial charge in [-0.2, -0.15) is 10.5 Å². The van der Waals surface area contributed by atoms with Crippen LogP contribution in [0.15, 0.2) is 28.5 Å². The third kappa shape index (κ3) is 3.00. The highest BCUT2D eigenvalue weighted by atomic mass is 16.6. The summed E-state index contributed by atoms with van der Waals surface area (Å²) in [5, 5.41) is 46.5. The number of hydrogen-bond acceptors (Lipinski definition) is 8. The first-order chi connectivity index (χ1) is 9.40. The van der Waals surface area contributed by atoms with E-state index >= 15 is 0 Å². The van der Waals surface area contributed by atoms with E-state index < -0.39 is 33.5 Å². The molecule has 0 bridgehead atoms. The molecule has 0 spiro atoms. The maximum absolute atomic E-state index is 10.8. The third-order valence-electron chi connectivity index (χ3n) is 2.13. The molecule has 0 saturated carbocycles. The fourth-order valence-corrected chi connectivity index (χ4v) is 1.19. The predicted molar refractivity (Wildman–Crippen MR) is 66.5 cm³/mol. The van der Waals surface area contributed by atoms with Gasteiger partial charge in [0, 0.05) is 6.21 Å². The van der Waals surface area contributed by atoms with E-state index in [1.807, 2.05) is 0 Å². The number of nitrogens with two attached hydrogens (primary N) is 1. The monoisotopic (exact) mass is 273 g/mol. The van der Waals surface area contributed by atoms with Crippen LogP contribution in [-0.4, -0.2) is 21.4 Å². The zero-order valence-corrected chi connectivity index (χ0v) is 9.81. The molecule has 1 aromatic rings. The molecule has 0 aliphatic rings. The third-order valence-corrected chi connectivity index (χ3v) is 2.13. The largest absolute Gasteiger partial charge is 0.504 e. The number of hydrogen-bond donors (Lipinski definition) is 3. The second kappa shape index (κ2) is 5.84. The standard InChI is InChI=1S/C11H7N5O4/c12-3-7(14)8(4-13)15-5-6-1-10(17)11(18)2-9(6)16(19)20/h1-2,5,17-18H,14H2/b8-7-,15-5?. The SMILES string of the molecule is N#C/C(N)=C(\C#N)N=Cc1cc(O)c(O)cc1[N+](=O)[O-]. The molecule has 0 atom stereocenters. The van der Waals surface area contributed by atoms with E-state index in [9.17, 15) is 20.3 Å². The first-order valence-corrected chi connectivity index (χ1v) is 4.95. The molecule has 0 amide bonds. The lowest BCUT2D eigenvalue weighted by molar-refractivity contribution is -0.385. The van der Waals surface area contributed by atoms with Crippen LogP contribution in [0.2, 0.25) is 0 Å². The molecular weight excluding hydrogens is 266 g/mol. The molecule has 0 aromatic heterocycles. The van der Waals surface area contributed by atoms with Crippen molar-refractivity contribution in [3.63, 3.8) is 0 Å². The minimum absolute atomic E-state index is 0.163. The highest BCUT2D eigenvalue weighted by Gasteiger charge is 2.16. The van der Waals surface area contributed by atoms with Gasteiger partial charge in [-0.05, 0) is 6.07 Å². The molecular formula is C11H7N5O4. The lowest BCUT2D eigenvalue weighted by atomic mass is 10.1. The fourth-order valence-electron chi connectivity index (χ4n) is 1.19. The van der Waals surface area contributed by atoms with Gasteiger partial charge in [0.2, 0.25) is 0 Å². The summed E-state index contributed by atoms with van der Waals surface area (Å²) < 4.78 is 0. The smallest absolute Gasteiger partial charge is 0.282 e. The Morgan fingerprint density at radius 1 is 1.35 bits per heavy atom. The zero-order valence-electron chi connectivity index (χ0n) is 9.81. The molecule has 0 fully saturated rings. The first-order valence-electron chi connectivity index (χ1n) is 4.95. The lowest BCUT2D eigenvalue weighted by Gasteiger charge is -2.01.